The number of hydrogen-bond donors (Lipinski definition) is 2. The lowest BCUT2D eigenvalue weighted by Crippen LogP contribution is -2.18. The maximum Gasteiger partial charge on any atom is 0.256 e. The van der Waals surface area contributed by atoms with Crippen molar-refractivity contribution >= 4 is 17.4 Å². The van der Waals surface area contributed by atoms with Crippen LogP contribution in [0.1, 0.15) is 32.9 Å². The van der Waals surface area contributed by atoms with E-state index in [1.807, 2.05) is 54.6 Å². The van der Waals surface area contributed by atoms with Crippen LogP contribution in [-0.2, 0) is 25.7 Å². The average Bonchev–Trinajstić information content (AvgIpc) is 2.83. The largest absolute Gasteiger partial charge is 0.399 e. The zero-order valence-electron chi connectivity index (χ0n) is 17.7. The van der Waals surface area contributed by atoms with Gasteiger partial charge in [-0.05, 0) is 61.1 Å². The fourth-order valence-corrected chi connectivity index (χ4v) is 4.15. The second kappa shape index (κ2) is 8.63. The van der Waals surface area contributed by atoms with Crippen molar-refractivity contribution in [3.63, 3.8) is 0 Å². The molecule has 4 aromatic rings. The normalized spacial score (nSPS) is 12.0. The Labute approximate surface area is 187 Å². The van der Waals surface area contributed by atoms with Crippen LogP contribution < -0.4 is 11.1 Å². The van der Waals surface area contributed by atoms with Crippen LogP contribution in [0.2, 0.25) is 0 Å². The highest BCUT2D eigenvalue weighted by Gasteiger charge is 2.22. The van der Waals surface area contributed by atoms with Crippen molar-refractivity contribution in [3.8, 4) is 11.3 Å². The predicted octanol–water partition coefficient (Wildman–Crippen LogP) is 4.86. The molecule has 0 aliphatic heterocycles. The van der Waals surface area contributed by atoms with Gasteiger partial charge in [-0.15, -0.1) is 0 Å². The summed E-state index contributed by atoms with van der Waals surface area (Å²) in [4.78, 5) is 22.8. The van der Waals surface area contributed by atoms with Crippen molar-refractivity contribution in [2.75, 3.05) is 11.1 Å². The van der Waals surface area contributed by atoms with Gasteiger partial charge in [0.05, 0.1) is 17.1 Å². The van der Waals surface area contributed by atoms with Crippen molar-refractivity contribution in [2.45, 2.75) is 25.7 Å². The second-order valence-electron chi connectivity index (χ2n) is 8.04. The topological polar surface area (TPSA) is 80.9 Å². The van der Waals surface area contributed by atoms with Crippen LogP contribution in [0.15, 0.2) is 78.9 Å². The second-order valence-corrected chi connectivity index (χ2v) is 8.04. The first kappa shape index (κ1) is 19.9. The number of rotatable bonds is 5. The van der Waals surface area contributed by atoms with Gasteiger partial charge in [-0.2, -0.15) is 0 Å². The third-order valence-electron chi connectivity index (χ3n) is 5.82. The number of amides is 1. The predicted molar refractivity (Wildman–Crippen MR) is 128 cm³/mol. The monoisotopic (exact) mass is 420 g/mol. The molecule has 1 aliphatic rings. The summed E-state index contributed by atoms with van der Waals surface area (Å²) in [6, 6.07) is 25.4. The molecular formula is C27H24N4O. The summed E-state index contributed by atoms with van der Waals surface area (Å²) in [6.45, 7) is 0. The number of hydrogen-bond acceptors (Lipinski definition) is 4. The van der Waals surface area contributed by atoms with Gasteiger partial charge in [-0.3, -0.25) is 4.79 Å². The molecule has 0 bridgehead atoms. The molecule has 5 rings (SSSR count). The van der Waals surface area contributed by atoms with Crippen LogP contribution >= 0.6 is 0 Å². The van der Waals surface area contributed by atoms with Crippen molar-refractivity contribution in [3.05, 3.63) is 107 Å². The number of aromatic nitrogens is 2. The number of anilines is 2. The average molecular weight is 421 g/mol. The minimum absolute atomic E-state index is 0.176. The molecule has 1 aromatic heterocycles. The van der Waals surface area contributed by atoms with Gasteiger partial charge in [-0.25, -0.2) is 9.97 Å². The molecule has 32 heavy (non-hydrogen) atoms. The fourth-order valence-electron chi connectivity index (χ4n) is 4.15. The first-order valence-electron chi connectivity index (χ1n) is 10.9. The number of aryl methyl sites for hydroxylation is 4. The van der Waals surface area contributed by atoms with Crippen molar-refractivity contribution in [1.82, 2.24) is 9.97 Å². The molecule has 0 saturated heterocycles. The number of fused-ring (bicyclic) bond motifs is 3. The molecule has 0 spiro atoms. The van der Waals surface area contributed by atoms with Crippen LogP contribution in [0.4, 0.5) is 11.5 Å². The molecule has 0 radical (unpaired) electrons. The van der Waals surface area contributed by atoms with E-state index in [9.17, 15) is 4.79 Å². The summed E-state index contributed by atoms with van der Waals surface area (Å²) >= 11 is 0. The Morgan fingerprint density at radius 1 is 0.875 bits per heavy atom. The Balaban J connectivity index is 1.52. The number of carbonyl (C=O) groups is 1. The summed E-state index contributed by atoms with van der Waals surface area (Å²) in [5.74, 6) is 0.372. The highest BCUT2D eigenvalue weighted by molar-refractivity contribution is 6.04. The molecule has 0 unspecified atom stereocenters. The van der Waals surface area contributed by atoms with Gasteiger partial charge in [0.25, 0.3) is 5.91 Å². The van der Waals surface area contributed by atoms with E-state index >= 15 is 0 Å². The Hall–Kier alpha value is -3.99. The SMILES string of the molecule is Nc1ccc2c(c1)CCc1nc(NC(=O)c3ccccc3)c(CCc3ccccc3)nc1-2. The Kier molecular flexibility index (Phi) is 5.38. The first-order valence-corrected chi connectivity index (χ1v) is 10.9. The van der Waals surface area contributed by atoms with Gasteiger partial charge < -0.3 is 11.1 Å². The van der Waals surface area contributed by atoms with Gasteiger partial charge >= 0.3 is 0 Å². The summed E-state index contributed by atoms with van der Waals surface area (Å²) in [5.41, 5.74) is 13.5. The number of nitrogens with one attached hydrogen (secondary N) is 1. The summed E-state index contributed by atoms with van der Waals surface area (Å²) < 4.78 is 0. The van der Waals surface area contributed by atoms with E-state index in [-0.39, 0.29) is 5.91 Å². The Morgan fingerprint density at radius 3 is 2.41 bits per heavy atom. The smallest absolute Gasteiger partial charge is 0.256 e. The quantitative estimate of drug-likeness (QED) is 0.452. The lowest BCUT2D eigenvalue weighted by Gasteiger charge is -2.21. The van der Waals surface area contributed by atoms with E-state index in [4.69, 9.17) is 15.7 Å². The molecule has 0 fully saturated rings. The van der Waals surface area contributed by atoms with Gasteiger partial charge in [0.15, 0.2) is 5.82 Å². The lowest BCUT2D eigenvalue weighted by atomic mass is 9.91. The highest BCUT2D eigenvalue weighted by Crippen LogP contribution is 2.34. The zero-order chi connectivity index (χ0) is 21.9. The third-order valence-corrected chi connectivity index (χ3v) is 5.82. The van der Waals surface area contributed by atoms with Crippen LogP contribution in [0.25, 0.3) is 11.3 Å². The van der Waals surface area contributed by atoms with Crippen LogP contribution in [0.3, 0.4) is 0 Å². The maximum atomic E-state index is 12.9. The number of nitrogens with two attached hydrogens (primary N) is 1. The van der Waals surface area contributed by atoms with Gasteiger partial charge in [-0.1, -0.05) is 54.6 Å². The minimum Gasteiger partial charge on any atom is -0.399 e. The fraction of sp³-hybridized carbons (Fsp3) is 0.148. The molecule has 0 saturated carbocycles. The number of carbonyl (C=O) groups excluding carboxylic acids is 1. The van der Waals surface area contributed by atoms with E-state index in [1.165, 1.54) is 11.1 Å². The van der Waals surface area contributed by atoms with Crippen LogP contribution in [0, 0.1) is 0 Å². The molecule has 0 atom stereocenters. The zero-order valence-corrected chi connectivity index (χ0v) is 17.7. The van der Waals surface area contributed by atoms with Gasteiger partial charge in [0.2, 0.25) is 0 Å². The maximum absolute atomic E-state index is 12.9. The summed E-state index contributed by atoms with van der Waals surface area (Å²) in [6.07, 6.45) is 3.12. The number of benzene rings is 3. The molecular weight excluding hydrogens is 396 g/mol. The van der Waals surface area contributed by atoms with E-state index in [0.717, 1.165) is 47.6 Å². The molecule has 5 nitrogen and oxygen atoms in total. The van der Waals surface area contributed by atoms with E-state index in [0.29, 0.717) is 17.8 Å². The van der Waals surface area contributed by atoms with Crippen LogP contribution in [0.5, 0.6) is 0 Å². The number of nitrogens with zero attached hydrogens (tertiary/aromatic N) is 2. The van der Waals surface area contributed by atoms with E-state index < -0.39 is 0 Å². The summed E-state index contributed by atoms with van der Waals surface area (Å²) in [7, 11) is 0. The van der Waals surface area contributed by atoms with Crippen molar-refractivity contribution in [1.29, 1.82) is 0 Å². The Morgan fingerprint density at radius 2 is 1.62 bits per heavy atom. The van der Waals surface area contributed by atoms with Gasteiger partial charge in [0, 0.05) is 16.8 Å². The van der Waals surface area contributed by atoms with Crippen molar-refractivity contribution < 1.29 is 4.79 Å². The molecule has 3 N–H and O–H groups in total. The lowest BCUT2D eigenvalue weighted by molar-refractivity contribution is 0.102. The third kappa shape index (κ3) is 4.10. The van der Waals surface area contributed by atoms with Crippen molar-refractivity contribution in [2.24, 2.45) is 0 Å². The molecule has 1 heterocycles. The molecule has 1 amide bonds. The molecule has 3 aromatic carbocycles. The van der Waals surface area contributed by atoms with E-state index in [2.05, 4.69) is 17.4 Å². The first-order chi connectivity index (χ1) is 15.7. The van der Waals surface area contributed by atoms with Gasteiger partial charge in [0.1, 0.15) is 0 Å². The minimum atomic E-state index is -0.176. The molecule has 5 heteroatoms. The summed E-state index contributed by atoms with van der Waals surface area (Å²) in [5, 5.41) is 3.01. The van der Waals surface area contributed by atoms with E-state index in [1.54, 1.807) is 12.1 Å². The Bertz CT molecular complexity index is 1270. The van der Waals surface area contributed by atoms with Crippen LogP contribution in [-0.4, -0.2) is 15.9 Å². The highest BCUT2D eigenvalue weighted by atomic mass is 16.1. The molecule has 158 valence electrons. The molecule has 1 aliphatic carbocycles. The standard InChI is InChI=1S/C27H24N4O/c28-21-13-14-22-20(17-21)12-16-23-25(22)29-24(15-11-18-7-3-1-4-8-18)26(30-23)31-27(32)19-9-5-2-6-10-19/h1-10,13-14,17H,11-12,15-16,28H2,(H,30,31,32). The number of nitrogen functional groups attached to an aromatic ring is 1.